The number of hydrogen-bond acceptors (Lipinski definition) is 2. The van der Waals surface area contributed by atoms with Gasteiger partial charge in [0.15, 0.2) is 0 Å². The molecule has 0 fully saturated rings. The number of nitrogen functional groups attached to an aromatic ring is 2. The van der Waals surface area contributed by atoms with Crippen LogP contribution in [0.15, 0.2) is 78.9 Å². The van der Waals surface area contributed by atoms with E-state index in [1.54, 1.807) is 0 Å². The van der Waals surface area contributed by atoms with Crippen LogP contribution in [-0.4, -0.2) is 0 Å². The first-order chi connectivity index (χ1) is 11.6. The molecule has 0 saturated carbocycles. The second-order valence-electron chi connectivity index (χ2n) is 5.95. The van der Waals surface area contributed by atoms with E-state index in [1.165, 1.54) is 16.7 Å². The molecule has 0 saturated heterocycles. The standard InChI is InChI=1S/C15H18N2.C7H8/c1-2-15(11-3-7-13(16)8-4-11)12-5-9-14(17)10-6-12;1-7-5-3-2-4-6-7/h3-10,15H,2,16-17H2,1H3;2-6H,1H3. The number of hydrogen-bond donors (Lipinski definition) is 2. The Morgan fingerprint density at radius 2 is 1.08 bits per heavy atom. The maximum absolute atomic E-state index is 5.71. The number of anilines is 2. The SMILES string of the molecule is CCC(c1ccc(N)cc1)c1ccc(N)cc1.Cc1ccccc1. The maximum Gasteiger partial charge on any atom is 0.0314 e. The highest BCUT2D eigenvalue weighted by molar-refractivity contribution is 5.45. The number of nitrogens with two attached hydrogens (primary N) is 2. The van der Waals surface area contributed by atoms with Crippen molar-refractivity contribution in [3.05, 3.63) is 95.6 Å². The summed E-state index contributed by atoms with van der Waals surface area (Å²) < 4.78 is 0. The van der Waals surface area contributed by atoms with Gasteiger partial charge in [0, 0.05) is 17.3 Å². The summed E-state index contributed by atoms with van der Waals surface area (Å²) in [6.07, 6.45) is 1.06. The van der Waals surface area contributed by atoms with Crippen LogP contribution in [0.5, 0.6) is 0 Å². The zero-order valence-electron chi connectivity index (χ0n) is 14.4. The van der Waals surface area contributed by atoms with E-state index >= 15 is 0 Å². The van der Waals surface area contributed by atoms with E-state index in [0.717, 1.165) is 17.8 Å². The first-order valence-corrected chi connectivity index (χ1v) is 8.32. The van der Waals surface area contributed by atoms with Crippen molar-refractivity contribution < 1.29 is 0 Å². The highest BCUT2D eigenvalue weighted by Crippen LogP contribution is 2.28. The van der Waals surface area contributed by atoms with Crippen LogP contribution in [0.25, 0.3) is 0 Å². The lowest BCUT2D eigenvalue weighted by Crippen LogP contribution is -2.00. The van der Waals surface area contributed by atoms with Gasteiger partial charge in [-0.15, -0.1) is 0 Å². The van der Waals surface area contributed by atoms with Gasteiger partial charge in [-0.05, 0) is 48.7 Å². The second-order valence-corrected chi connectivity index (χ2v) is 5.95. The summed E-state index contributed by atoms with van der Waals surface area (Å²) in [6.45, 7) is 4.28. The first kappa shape index (κ1) is 17.6. The zero-order valence-corrected chi connectivity index (χ0v) is 14.4. The molecule has 0 unspecified atom stereocenters. The Balaban J connectivity index is 0.000000249. The summed E-state index contributed by atoms with van der Waals surface area (Å²) in [4.78, 5) is 0. The molecule has 0 radical (unpaired) electrons. The molecule has 0 bridgehead atoms. The Hall–Kier alpha value is -2.74. The lowest BCUT2D eigenvalue weighted by molar-refractivity contribution is 0.778. The third kappa shape index (κ3) is 5.17. The third-order valence-electron chi connectivity index (χ3n) is 4.03. The van der Waals surface area contributed by atoms with Crippen LogP contribution in [0.1, 0.15) is 36.0 Å². The lowest BCUT2D eigenvalue weighted by atomic mass is 9.89. The highest BCUT2D eigenvalue weighted by Gasteiger charge is 2.11. The molecule has 0 aliphatic carbocycles. The van der Waals surface area contributed by atoms with Crippen molar-refractivity contribution in [2.24, 2.45) is 0 Å². The molecular formula is C22H26N2. The van der Waals surface area contributed by atoms with Crippen molar-refractivity contribution in [3.8, 4) is 0 Å². The largest absolute Gasteiger partial charge is 0.399 e. The highest BCUT2D eigenvalue weighted by atomic mass is 14.5. The fourth-order valence-electron chi connectivity index (χ4n) is 2.65. The van der Waals surface area contributed by atoms with Gasteiger partial charge in [0.1, 0.15) is 0 Å². The predicted octanol–water partition coefficient (Wildman–Crippen LogP) is 5.39. The monoisotopic (exact) mass is 318 g/mol. The van der Waals surface area contributed by atoms with Gasteiger partial charge in [-0.3, -0.25) is 0 Å². The van der Waals surface area contributed by atoms with Crippen LogP contribution in [-0.2, 0) is 0 Å². The zero-order chi connectivity index (χ0) is 17.4. The van der Waals surface area contributed by atoms with Crippen LogP contribution in [0, 0.1) is 6.92 Å². The van der Waals surface area contributed by atoms with Gasteiger partial charge in [0.25, 0.3) is 0 Å². The van der Waals surface area contributed by atoms with Crippen LogP contribution < -0.4 is 11.5 Å². The smallest absolute Gasteiger partial charge is 0.0314 e. The van der Waals surface area contributed by atoms with E-state index in [4.69, 9.17) is 11.5 Å². The molecule has 0 aliphatic heterocycles. The van der Waals surface area contributed by atoms with E-state index in [2.05, 4.69) is 50.2 Å². The van der Waals surface area contributed by atoms with Crippen molar-refractivity contribution in [3.63, 3.8) is 0 Å². The fraction of sp³-hybridized carbons (Fsp3) is 0.182. The molecule has 3 rings (SSSR count). The summed E-state index contributed by atoms with van der Waals surface area (Å²) in [5.74, 6) is 0.413. The van der Waals surface area contributed by atoms with Crippen LogP contribution in [0.4, 0.5) is 11.4 Å². The molecule has 4 N–H and O–H groups in total. The van der Waals surface area contributed by atoms with E-state index in [9.17, 15) is 0 Å². The van der Waals surface area contributed by atoms with Gasteiger partial charge in [-0.25, -0.2) is 0 Å². The quantitative estimate of drug-likeness (QED) is 0.636. The van der Waals surface area contributed by atoms with Gasteiger partial charge < -0.3 is 11.5 Å². The summed E-state index contributed by atoms with van der Waals surface area (Å²) in [5, 5.41) is 0. The molecule has 0 aromatic heterocycles. The molecule has 3 aromatic carbocycles. The summed E-state index contributed by atoms with van der Waals surface area (Å²) in [6, 6.07) is 26.5. The Labute approximate surface area is 145 Å². The molecule has 124 valence electrons. The van der Waals surface area contributed by atoms with E-state index in [0.29, 0.717) is 5.92 Å². The lowest BCUT2D eigenvalue weighted by Gasteiger charge is -2.16. The first-order valence-electron chi connectivity index (χ1n) is 8.32. The minimum atomic E-state index is 0.413. The average molecular weight is 318 g/mol. The summed E-state index contributed by atoms with van der Waals surface area (Å²) in [5.41, 5.74) is 17.0. The molecule has 0 spiro atoms. The molecule has 0 heterocycles. The van der Waals surface area contributed by atoms with Crippen molar-refractivity contribution >= 4 is 11.4 Å². The minimum absolute atomic E-state index is 0.413. The van der Waals surface area contributed by atoms with E-state index < -0.39 is 0 Å². The molecule has 0 aliphatic rings. The van der Waals surface area contributed by atoms with Crippen LogP contribution in [0.2, 0.25) is 0 Å². The van der Waals surface area contributed by atoms with Crippen molar-refractivity contribution in [2.45, 2.75) is 26.2 Å². The molecule has 0 amide bonds. The Morgan fingerprint density at radius 3 is 1.38 bits per heavy atom. The molecular weight excluding hydrogens is 292 g/mol. The predicted molar refractivity (Wildman–Crippen MR) is 105 cm³/mol. The Bertz CT molecular complexity index is 671. The fourth-order valence-corrected chi connectivity index (χ4v) is 2.65. The van der Waals surface area contributed by atoms with Crippen molar-refractivity contribution in [1.82, 2.24) is 0 Å². The topological polar surface area (TPSA) is 52.0 Å². The number of benzene rings is 3. The third-order valence-corrected chi connectivity index (χ3v) is 4.03. The van der Waals surface area contributed by atoms with E-state index in [1.807, 2.05) is 42.5 Å². The summed E-state index contributed by atoms with van der Waals surface area (Å²) >= 11 is 0. The van der Waals surface area contributed by atoms with Crippen molar-refractivity contribution in [2.75, 3.05) is 11.5 Å². The van der Waals surface area contributed by atoms with Gasteiger partial charge in [0.2, 0.25) is 0 Å². The number of rotatable bonds is 3. The Kier molecular flexibility index (Phi) is 6.44. The molecule has 2 nitrogen and oxygen atoms in total. The molecule has 0 atom stereocenters. The van der Waals surface area contributed by atoms with Gasteiger partial charge in [-0.1, -0.05) is 67.1 Å². The van der Waals surface area contributed by atoms with E-state index in [-0.39, 0.29) is 0 Å². The average Bonchev–Trinajstić information content (AvgIpc) is 2.60. The normalized spacial score (nSPS) is 10.1. The molecule has 2 heteroatoms. The van der Waals surface area contributed by atoms with Crippen LogP contribution >= 0.6 is 0 Å². The van der Waals surface area contributed by atoms with Gasteiger partial charge in [-0.2, -0.15) is 0 Å². The van der Waals surface area contributed by atoms with Crippen molar-refractivity contribution in [1.29, 1.82) is 0 Å². The van der Waals surface area contributed by atoms with Crippen LogP contribution in [0.3, 0.4) is 0 Å². The van der Waals surface area contributed by atoms with Gasteiger partial charge in [0.05, 0.1) is 0 Å². The summed E-state index contributed by atoms with van der Waals surface area (Å²) in [7, 11) is 0. The minimum Gasteiger partial charge on any atom is -0.399 e. The molecule has 24 heavy (non-hydrogen) atoms. The number of aryl methyl sites for hydroxylation is 1. The molecule has 3 aromatic rings. The Morgan fingerprint density at radius 1 is 0.667 bits per heavy atom. The van der Waals surface area contributed by atoms with Gasteiger partial charge >= 0.3 is 0 Å². The second kappa shape index (κ2) is 8.78. The maximum atomic E-state index is 5.71.